The molecule has 0 spiro atoms. The van der Waals surface area contributed by atoms with Gasteiger partial charge in [-0.3, -0.25) is 9.67 Å². The Morgan fingerprint density at radius 2 is 2.00 bits per heavy atom. The molecule has 0 unspecified atom stereocenters. The molecule has 1 N–H and O–H groups in total. The molecule has 3 aromatic rings. The van der Waals surface area contributed by atoms with Crippen molar-refractivity contribution < 1.29 is 14.2 Å². The first-order valence-corrected chi connectivity index (χ1v) is 8.85. The van der Waals surface area contributed by atoms with Crippen LogP contribution in [-0.2, 0) is 6.61 Å². The SMILES string of the molecule is S=c1[nH]nc(COc2cccc(Br)c2)n1-c1ccc2c(c1)OCCO2. The number of hydrogen-bond donors (Lipinski definition) is 1. The Morgan fingerprint density at radius 3 is 2.84 bits per heavy atom. The summed E-state index contributed by atoms with van der Waals surface area (Å²) in [6.07, 6.45) is 0. The molecule has 0 radical (unpaired) electrons. The van der Waals surface area contributed by atoms with Crippen molar-refractivity contribution in [2.45, 2.75) is 6.61 Å². The van der Waals surface area contributed by atoms with Crippen LogP contribution in [0.4, 0.5) is 0 Å². The fourth-order valence-corrected chi connectivity index (χ4v) is 3.20. The van der Waals surface area contributed by atoms with E-state index in [1.807, 2.05) is 47.0 Å². The van der Waals surface area contributed by atoms with Crippen LogP contribution in [0.1, 0.15) is 5.82 Å². The highest BCUT2D eigenvalue weighted by Crippen LogP contribution is 2.32. The lowest BCUT2D eigenvalue weighted by atomic mass is 10.2. The van der Waals surface area contributed by atoms with Gasteiger partial charge in [-0.2, -0.15) is 5.10 Å². The maximum atomic E-state index is 5.83. The third-order valence-electron chi connectivity index (χ3n) is 3.69. The molecule has 2 aromatic carbocycles. The number of nitrogens with one attached hydrogen (secondary N) is 1. The van der Waals surface area contributed by atoms with Gasteiger partial charge in [0, 0.05) is 10.5 Å². The molecule has 1 aliphatic heterocycles. The third-order valence-corrected chi connectivity index (χ3v) is 4.46. The lowest BCUT2D eigenvalue weighted by Crippen LogP contribution is -2.15. The average molecular weight is 420 g/mol. The van der Waals surface area contributed by atoms with Gasteiger partial charge in [0.05, 0.1) is 5.69 Å². The summed E-state index contributed by atoms with van der Waals surface area (Å²) >= 11 is 8.80. The van der Waals surface area contributed by atoms with E-state index >= 15 is 0 Å². The standard InChI is InChI=1S/C17H14BrN3O3S/c18-11-2-1-3-13(8-11)24-10-16-19-20-17(25)21(16)12-4-5-14-15(9-12)23-7-6-22-14/h1-5,8-9H,6-7,10H2,(H,20,25). The van der Waals surface area contributed by atoms with Crippen molar-refractivity contribution in [3.63, 3.8) is 0 Å². The Kier molecular flexibility index (Phi) is 4.46. The first kappa shape index (κ1) is 16.2. The van der Waals surface area contributed by atoms with Gasteiger partial charge in [0.1, 0.15) is 25.6 Å². The summed E-state index contributed by atoms with van der Waals surface area (Å²) in [4.78, 5) is 0. The Balaban J connectivity index is 1.62. The summed E-state index contributed by atoms with van der Waals surface area (Å²) in [5, 5.41) is 7.10. The van der Waals surface area contributed by atoms with Gasteiger partial charge in [0.2, 0.25) is 0 Å². The van der Waals surface area contributed by atoms with E-state index in [0.29, 0.717) is 29.6 Å². The molecule has 8 heteroatoms. The first-order chi connectivity index (χ1) is 12.2. The van der Waals surface area contributed by atoms with Gasteiger partial charge in [0.25, 0.3) is 0 Å². The summed E-state index contributed by atoms with van der Waals surface area (Å²) < 4.78 is 20.3. The lowest BCUT2D eigenvalue weighted by molar-refractivity contribution is 0.171. The first-order valence-electron chi connectivity index (χ1n) is 7.65. The molecule has 0 saturated heterocycles. The molecule has 1 aliphatic rings. The molecule has 0 saturated carbocycles. The molecule has 0 atom stereocenters. The van der Waals surface area contributed by atoms with Gasteiger partial charge < -0.3 is 14.2 Å². The molecule has 25 heavy (non-hydrogen) atoms. The molecular formula is C17H14BrN3O3S. The van der Waals surface area contributed by atoms with Gasteiger partial charge in [-0.15, -0.1) is 0 Å². The average Bonchev–Trinajstić information content (AvgIpc) is 3.00. The molecule has 0 bridgehead atoms. The van der Waals surface area contributed by atoms with Crippen LogP contribution in [0, 0.1) is 4.77 Å². The van der Waals surface area contributed by atoms with Gasteiger partial charge in [-0.05, 0) is 42.5 Å². The number of rotatable bonds is 4. The van der Waals surface area contributed by atoms with E-state index in [1.54, 1.807) is 0 Å². The molecule has 2 heterocycles. The van der Waals surface area contributed by atoms with Gasteiger partial charge >= 0.3 is 0 Å². The molecule has 0 fully saturated rings. The molecule has 128 valence electrons. The number of benzene rings is 2. The normalized spacial score (nSPS) is 12.8. The van der Waals surface area contributed by atoms with Crippen molar-refractivity contribution in [3.8, 4) is 22.9 Å². The zero-order valence-electron chi connectivity index (χ0n) is 13.1. The monoisotopic (exact) mass is 419 g/mol. The van der Waals surface area contributed by atoms with Gasteiger partial charge in [-0.1, -0.05) is 22.0 Å². The highest BCUT2D eigenvalue weighted by molar-refractivity contribution is 9.10. The van der Waals surface area contributed by atoms with Gasteiger partial charge in [-0.25, -0.2) is 0 Å². The van der Waals surface area contributed by atoms with Crippen LogP contribution >= 0.6 is 28.1 Å². The highest BCUT2D eigenvalue weighted by atomic mass is 79.9. The summed E-state index contributed by atoms with van der Waals surface area (Å²) in [6.45, 7) is 1.37. The van der Waals surface area contributed by atoms with Crippen molar-refractivity contribution >= 4 is 28.1 Å². The number of fused-ring (bicyclic) bond motifs is 1. The van der Waals surface area contributed by atoms with E-state index in [9.17, 15) is 0 Å². The summed E-state index contributed by atoms with van der Waals surface area (Å²) in [5.41, 5.74) is 0.843. The second-order valence-electron chi connectivity index (χ2n) is 5.35. The number of H-pyrrole nitrogens is 1. The van der Waals surface area contributed by atoms with E-state index in [4.69, 9.17) is 26.4 Å². The van der Waals surface area contributed by atoms with Crippen molar-refractivity contribution in [1.29, 1.82) is 0 Å². The number of nitrogens with zero attached hydrogens (tertiary/aromatic N) is 2. The summed E-state index contributed by atoms with van der Waals surface area (Å²) in [6, 6.07) is 13.3. The van der Waals surface area contributed by atoms with Crippen molar-refractivity contribution in [2.24, 2.45) is 0 Å². The van der Waals surface area contributed by atoms with Crippen LogP contribution in [0.3, 0.4) is 0 Å². The fourth-order valence-electron chi connectivity index (χ4n) is 2.57. The molecule has 0 aliphatic carbocycles. The van der Waals surface area contributed by atoms with E-state index < -0.39 is 0 Å². The Morgan fingerprint density at radius 1 is 1.16 bits per heavy atom. The second kappa shape index (κ2) is 6.89. The van der Waals surface area contributed by atoms with E-state index in [1.165, 1.54) is 0 Å². The molecular weight excluding hydrogens is 406 g/mol. The molecule has 6 nitrogen and oxygen atoms in total. The van der Waals surface area contributed by atoms with Crippen molar-refractivity contribution in [1.82, 2.24) is 14.8 Å². The second-order valence-corrected chi connectivity index (χ2v) is 6.66. The molecule has 1 aromatic heterocycles. The van der Waals surface area contributed by atoms with Crippen LogP contribution in [0.5, 0.6) is 17.2 Å². The number of hydrogen-bond acceptors (Lipinski definition) is 5. The third kappa shape index (κ3) is 3.40. The van der Waals surface area contributed by atoms with E-state index in [0.717, 1.165) is 21.7 Å². The maximum Gasteiger partial charge on any atom is 0.199 e. The van der Waals surface area contributed by atoms with Crippen LogP contribution in [-0.4, -0.2) is 28.0 Å². The molecule has 0 amide bonds. The lowest BCUT2D eigenvalue weighted by Gasteiger charge is -2.19. The Bertz CT molecular complexity index is 970. The predicted molar refractivity (Wildman–Crippen MR) is 98.2 cm³/mol. The minimum Gasteiger partial charge on any atom is -0.486 e. The van der Waals surface area contributed by atoms with Crippen LogP contribution in [0.25, 0.3) is 5.69 Å². The minimum absolute atomic E-state index is 0.276. The zero-order chi connectivity index (χ0) is 17.2. The van der Waals surface area contributed by atoms with Crippen LogP contribution < -0.4 is 14.2 Å². The number of ether oxygens (including phenoxy) is 3. The van der Waals surface area contributed by atoms with Gasteiger partial charge in [0.15, 0.2) is 22.1 Å². The Hall–Kier alpha value is -2.32. The smallest absolute Gasteiger partial charge is 0.199 e. The number of aromatic amines is 1. The fraction of sp³-hybridized carbons (Fsp3) is 0.176. The Labute approximate surface area is 157 Å². The predicted octanol–water partition coefficient (Wildman–Crippen LogP) is 4.04. The van der Waals surface area contributed by atoms with Crippen LogP contribution in [0.15, 0.2) is 46.9 Å². The zero-order valence-corrected chi connectivity index (χ0v) is 15.5. The van der Waals surface area contributed by atoms with E-state index in [2.05, 4.69) is 26.1 Å². The highest BCUT2D eigenvalue weighted by Gasteiger charge is 2.15. The molecule has 4 rings (SSSR count). The largest absolute Gasteiger partial charge is 0.486 e. The maximum absolute atomic E-state index is 5.83. The quantitative estimate of drug-likeness (QED) is 0.646. The summed E-state index contributed by atoms with van der Waals surface area (Å²) in [7, 11) is 0. The number of aromatic nitrogens is 3. The van der Waals surface area contributed by atoms with E-state index in [-0.39, 0.29) is 6.61 Å². The van der Waals surface area contributed by atoms with Crippen LogP contribution in [0.2, 0.25) is 0 Å². The van der Waals surface area contributed by atoms with Crippen molar-refractivity contribution in [3.05, 3.63) is 57.5 Å². The van der Waals surface area contributed by atoms with Crippen molar-refractivity contribution in [2.75, 3.05) is 13.2 Å². The summed E-state index contributed by atoms with van der Waals surface area (Å²) in [5.74, 6) is 2.85. The number of halogens is 1. The minimum atomic E-state index is 0.276. The topological polar surface area (TPSA) is 61.3 Å².